The maximum absolute atomic E-state index is 11.6. The number of rotatable bonds is 4. The molecule has 0 bridgehead atoms. The molecule has 0 N–H and O–H groups in total. The number of ether oxygens (including phenoxy) is 3. The van der Waals surface area contributed by atoms with Gasteiger partial charge in [0.15, 0.2) is 11.5 Å². The topological polar surface area (TPSA) is 44.8 Å². The zero-order valence-electron chi connectivity index (χ0n) is 12.0. The third kappa shape index (κ3) is 3.01. The first-order valence-electron chi connectivity index (χ1n) is 6.64. The second kappa shape index (κ2) is 5.92. The van der Waals surface area contributed by atoms with Crippen LogP contribution in [0.4, 0.5) is 0 Å². The summed E-state index contributed by atoms with van der Waals surface area (Å²) in [7, 11) is 2.85. The number of carbonyl (C=O) groups is 1. The summed E-state index contributed by atoms with van der Waals surface area (Å²) in [5.41, 5.74) is 0.127. The van der Waals surface area contributed by atoms with Crippen LogP contribution in [-0.2, 0) is 4.74 Å². The summed E-state index contributed by atoms with van der Waals surface area (Å²) in [5, 5.41) is 0.359. The van der Waals surface area contributed by atoms with E-state index in [1.54, 1.807) is 12.1 Å². The predicted octanol–water partition coefficient (Wildman–Crippen LogP) is 3.85. The van der Waals surface area contributed by atoms with Gasteiger partial charge in [0.05, 0.1) is 24.8 Å². The quantitative estimate of drug-likeness (QED) is 0.792. The molecule has 0 radical (unpaired) electrons. The van der Waals surface area contributed by atoms with E-state index >= 15 is 0 Å². The lowest BCUT2D eigenvalue weighted by Gasteiger charge is -2.27. The molecule has 0 atom stereocenters. The van der Waals surface area contributed by atoms with E-state index in [4.69, 9.17) is 21.1 Å². The Morgan fingerprint density at radius 3 is 2.45 bits per heavy atom. The van der Waals surface area contributed by atoms with Crippen molar-refractivity contribution < 1.29 is 19.0 Å². The van der Waals surface area contributed by atoms with Gasteiger partial charge in [-0.25, -0.2) is 4.79 Å². The lowest BCUT2D eigenvalue weighted by Crippen LogP contribution is -2.28. The molecule has 4 nitrogen and oxygen atoms in total. The Balaban J connectivity index is 2.35. The molecule has 1 aliphatic carbocycles. The molecule has 0 aromatic heterocycles. The van der Waals surface area contributed by atoms with Crippen molar-refractivity contribution in [3.8, 4) is 11.5 Å². The molecule has 1 aromatic rings. The maximum atomic E-state index is 11.6. The van der Waals surface area contributed by atoms with Gasteiger partial charge >= 0.3 is 5.97 Å². The maximum Gasteiger partial charge on any atom is 0.338 e. The van der Waals surface area contributed by atoms with Crippen LogP contribution in [0, 0.1) is 0 Å². The monoisotopic (exact) mass is 298 g/mol. The summed E-state index contributed by atoms with van der Waals surface area (Å²) in [5.74, 6) is 0.487. The number of hydrogen-bond acceptors (Lipinski definition) is 4. The molecule has 0 unspecified atom stereocenters. The Bertz CT molecular complexity index is 507. The molecular weight excluding hydrogens is 280 g/mol. The van der Waals surface area contributed by atoms with Crippen LogP contribution >= 0.6 is 11.6 Å². The number of esters is 1. The van der Waals surface area contributed by atoms with Gasteiger partial charge in [-0.2, -0.15) is 0 Å². The molecular formula is C15H19ClO4. The van der Waals surface area contributed by atoms with Crippen molar-refractivity contribution in [1.29, 1.82) is 0 Å². The zero-order chi connectivity index (χ0) is 14.8. The molecule has 1 saturated carbocycles. The fourth-order valence-electron chi connectivity index (χ4n) is 2.53. The normalized spacial score (nSPS) is 16.8. The fraction of sp³-hybridized carbons (Fsp3) is 0.533. The third-order valence-corrected chi connectivity index (χ3v) is 3.94. The van der Waals surface area contributed by atoms with Gasteiger partial charge in [0.2, 0.25) is 0 Å². The van der Waals surface area contributed by atoms with Gasteiger partial charge in [-0.1, -0.05) is 11.6 Å². The summed E-state index contributed by atoms with van der Waals surface area (Å²) < 4.78 is 16.1. The molecule has 20 heavy (non-hydrogen) atoms. The second-order valence-electron chi connectivity index (χ2n) is 5.24. The average Bonchev–Trinajstić information content (AvgIpc) is 2.86. The smallest absolute Gasteiger partial charge is 0.338 e. The van der Waals surface area contributed by atoms with E-state index in [1.807, 2.05) is 0 Å². The number of methoxy groups -OCH3 is 2. The van der Waals surface area contributed by atoms with Crippen molar-refractivity contribution >= 4 is 17.6 Å². The summed E-state index contributed by atoms with van der Waals surface area (Å²) >= 11 is 6.24. The van der Waals surface area contributed by atoms with Gasteiger partial charge in [0.25, 0.3) is 0 Å². The Morgan fingerprint density at radius 1 is 1.25 bits per heavy atom. The molecule has 0 spiro atoms. The molecule has 1 fully saturated rings. The number of benzene rings is 1. The standard InChI is InChI=1S/C15H19ClO4/c1-15(6-4-5-7-15)20-13-11(16)8-10(14(17)19-3)9-12(13)18-2/h8-9H,4-7H2,1-3H3. The van der Waals surface area contributed by atoms with Crippen molar-refractivity contribution in [3.05, 3.63) is 22.7 Å². The molecule has 110 valence electrons. The Hall–Kier alpha value is -1.42. The molecule has 2 rings (SSSR count). The number of hydrogen-bond donors (Lipinski definition) is 0. The van der Waals surface area contributed by atoms with Gasteiger partial charge in [-0.15, -0.1) is 0 Å². The minimum Gasteiger partial charge on any atom is -0.493 e. The van der Waals surface area contributed by atoms with Crippen LogP contribution in [0.3, 0.4) is 0 Å². The first-order chi connectivity index (χ1) is 9.49. The molecule has 1 aliphatic rings. The summed E-state index contributed by atoms with van der Waals surface area (Å²) in [4.78, 5) is 11.6. The number of carbonyl (C=O) groups excluding carboxylic acids is 1. The van der Waals surface area contributed by atoms with Crippen molar-refractivity contribution in [2.24, 2.45) is 0 Å². The molecule has 5 heteroatoms. The Kier molecular flexibility index (Phi) is 4.43. The number of halogens is 1. The second-order valence-corrected chi connectivity index (χ2v) is 5.65. The molecule has 0 saturated heterocycles. The van der Waals surface area contributed by atoms with Crippen LogP contribution in [0.5, 0.6) is 11.5 Å². The fourth-order valence-corrected chi connectivity index (χ4v) is 2.78. The lowest BCUT2D eigenvalue weighted by molar-refractivity contribution is 0.0600. The van der Waals surface area contributed by atoms with E-state index in [0.29, 0.717) is 22.1 Å². The molecule has 0 aliphatic heterocycles. The van der Waals surface area contributed by atoms with Crippen molar-refractivity contribution in [2.45, 2.75) is 38.2 Å². The van der Waals surface area contributed by atoms with Crippen LogP contribution in [-0.4, -0.2) is 25.8 Å². The van der Waals surface area contributed by atoms with E-state index in [2.05, 4.69) is 11.7 Å². The van der Waals surface area contributed by atoms with Gasteiger partial charge in [0.1, 0.15) is 5.60 Å². The highest BCUT2D eigenvalue weighted by Crippen LogP contribution is 2.42. The van der Waals surface area contributed by atoms with E-state index in [0.717, 1.165) is 25.7 Å². The first kappa shape index (κ1) is 15.0. The van der Waals surface area contributed by atoms with Crippen LogP contribution in [0.15, 0.2) is 12.1 Å². The van der Waals surface area contributed by atoms with Gasteiger partial charge in [-0.05, 0) is 44.7 Å². The molecule has 1 aromatic carbocycles. The minimum absolute atomic E-state index is 0.219. The average molecular weight is 299 g/mol. The van der Waals surface area contributed by atoms with Crippen LogP contribution < -0.4 is 9.47 Å². The predicted molar refractivity (Wildman–Crippen MR) is 76.8 cm³/mol. The van der Waals surface area contributed by atoms with E-state index in [1.165, 1.54) is 14.2 Å². The Morgan fingerprint density at radius 2 is 1.90 bits per heavy atom. The van der Waals surface area contributed by atoms with Gasteiger partial charge < -0.3 is 14.2 Å². The first-order valence-corrected chi connectivity index (χ1v) is 7.02. The third-order valence-electron chi connectivity index (χ3n) is 3.66. The molecule has 0 heterocycles. The van der Waals surface area contributed by atoms with E-state index in [-0.39, 0.29) is 5.60 Å². The van der Waals surface area contributed by atoms with Crippen molar-refractivity contribution in [3.63, 3.8) is 0 Å². The zero-order valence-corrected chi connectivity index (χ0v) is 12.8. The van der Waals surface area contributed by atoms with Crippen LogP contribution in [0.1, 0.15) is 43.0 Å². The minimum atomic E-state index is -0.455. The summed E-state index contributed by atoms with van der Waals surface area (Å²) in [6.07, 6.45) is 4.28. The van der Waals surface area contributed by atoms with E-state index in [9.17, 15) is 4.79 Å². The highest BCUT2D eigenvalue weighted by atomic mass is 35.5. The summed E-state index contributed by atoms with van der Waals surface area (Å²) in [6, 6.07) is 3.13. The van der Waals surface area contributed by atoms with Crippen LogP contribution in [0.25, 0.3) is 0 Å². The van der Waals surface area contributed by atoms with Crippen molar-refractivity contribution in [1.82, 2.24) is 0 Å². The summed E-state index contributed by atoms with van der Waals surface area (Å²) in [6.45, 7) is 2.07. The highest BCUT2D eigenvalue weighted by molar-refractivity contribution is 6.32. The Labute approximate surface area is 124 Å². The lowest BCUT2D eigenvalue weighted by atomic mass is 10.1. The highest BCUT2D eigenvalue weighted by Gasteiger charge is 2.32. The molecule has 0 amide bonds. The van der Waals surface area contributed by atoms with Gasteiger partial charge in [0, 0.05) is 0 Å². The van der Waals surface area contributed by atoms with Crippen molar-refractivity contribution in [2.75, 3.05) is 14.2 Å². The SMILES string of the molecule is COC(=O)c1cc(Cl)c(OC2(C)CCCC2)c(OC)c1. The van der Waals surface area contributed by atoms with Crippen LogP contribution in [0.2, 0.25) is 5.02 Å². The largest absolute Gasteiger partial charge is 0.493 e. The van der Waals surface area contributed by atoms with E-state index < -0.39 is 5.97 Å². The van der Waals surface area contributed by atoms with Gasteiger partial charge in [-0.3, -0.25) is 0 Å².